The van der Waals surface area contributed by atoms with Crippen LogP contribution in [0, 0.1) is 13.8 Å². The first kappa shape index (κ1) is 13.8. The van der Waals surface area contributed by atoms with E-state index >= 15 is 0 Å². The van der Waals surface area contributed by atoms with E-state index in [0.717, 1.165) is 24.9 Å². The zero-order chi connectivity index (χ0) is 14.8. The van der Waals surface area contributed by atoms with Crippen LogP contribution in [0.4, 0.5) is 0 Å². The van der Waals surface area contributed by atoms with Crippen molar-refractivity contribution in [3.63, 3.8) is 0 Å². The minimum atomic E-state index is 0.0861. The molecule has 2 aromatic heterocycles. The number of carbonyl (C=O) groups is 1. The summed E-state index contributed by atoms with van der Waals surface area (Å²) < 4.78 is 6.71. The van der Waals surface area contributed by atoms with Gasteiger partial charge in [0.2, 0.25) is 11.8 Å². The molecule has 1 aliphatic rings. The number of carbonyl (C=O) groups excluding carboxylic acids is 1. The predicted octanol–water partition coefficient (Wildman–Crippen LogP) is 1.29. The number of amides is 1. The third-order valence-electron chi connectivity index (χ3n) is 3.74. The molecule has 1 aliphatic heterocycles. The highest BCUT2D eigenvalue weighted by molar-refractivity contribution is 5.76. The van der Waals surface area contributed by atoms with Crippen LogP contribution in [0.3, 0.4) is 0 Å². The van der Waals surface area contributed by atoms with Gasteiger partial charge in [0, 0.05) is 32.1 Å². The van der Waals surface area contributed by atoms with Gasteiger partial charge in [-0.05, 0) is 25.3 Å². The van der Waals surface area contributed by atoms with E-state index in [-0.39, 0.29) is 18.4 Å². The molecule has 0 N–H and O–H groups in total. The fourth-order valence-corrected chi connectivity index (χ4v) is 2.69. The van der Waals surface area contributed by atoms with Crippen molar-refractivity contribution in [2.75, 3.05) is 13.1 Å². The predicted molar refractivity (Wildman–Crippen MR) is 74.6 cm³/mol. The summed E-state index contributed by atoms with van der Waals surface area (Å²) >= 11 is 0. The summed E-state index contributed by atoms with van der Waals surface area (Å²) in [5.74, 6) is 1.53. The lowest BCUT2D eigenvalue weighted by atomic mass is 9.97. The Hall–Kier alpha value is -2.18. The zero-order valence-electron chi connectivity index (χ0n) is 12.3. The van der Waals surface area contributed by atoms with Crippen LogP contribution in [0.1, 0.15) is 36.0 Å². The van der Waals surface area contributed by atoms with Crippen molar-refractivity contribution in [2.24, 2.45) is 0 Å². The maximum absolute atomic E-state index is 12.4. The first-order chi connectivity index (χ1) is 10.1. The van der Waals surface area contributed by atoms with E-state index < -0.39 is 0 Å². The Morgan fingerprint density at radius 3 is 3.00 bits per heavy atom. The lowest BCUT2D eigenvalue weighted by Gasteiger charge is -2.31. The Kier molecular flexibility index (Phi) is 3.72. The molecule has 0 aliphatic carbocycles. The molecule has 0 aromatic carbocycles. The number of aromatic nitrogens is 4. The Morgan fingerprint density at radius 2 is 2.33 bits per heavy atom. The highest BCUT2D eigenvalue weighted by Crippen LogP contribution is 2.24. The largest absolute Gasteiger partial charge is 0.340 e. The average Bonchev–Trinajstić information content (AvgIpc) is 3.08. The lowest BCUT2D eigenvalue weighted by molar-refractivity contribution is -0.133. The van der Waals surface area contributed by atoms with Crippen molar-refractivity contribution in [2.45, 2.75) is 39.2 Å². The molecule has 3 heterocycles. The quantitative estimate of drug-likeness (QED) is 0.851. The van der Waals surface area contributed by atoms with Gasteiger partial charge in [0.05, 0.1) is 6.20 Å². The van der Waals surface area contributed by atoms with Gasteiger partial charge < -0.3 is 9.42 Å². The van der Waals surface area contributed by atoms with E-state index in [1.807, 2.05) is 18.0 Å². The van der Waals surface area contributed by atoms with E-state index in [0.29, 0.717) is 18.3 Å². The standard InChI is InChI=1S/C14H19N5O2/c1-10-6-15-19(7-10)9-13(20)18-5-3-4-12(8-18)14-16-11(2)21-17-14/h6-7,12H,3-5,8-9H2,1-2H3/t12-/m1/s1. The van der Waals surface area contributed by atoms with Gasteiger partial charge in [-0.2, -0.15) is 10.1 Å². The second kappa shape index (κ2) is 5.67. The van der Waals surface area contributed by atoms with Gasteiger partial charge in [0.1, 0.15) is 6.54 Å². The normalized spacial score (nSPS) is 19.0. The van der Waals surface area contributed by atoms with Crippen LogP contribution in [-0.2, 0) is 11.3 Å². The summed E-state index contributed by atoms with van der Waals surface area (Å²) in [4.78, 5) is 18.5. The van der Waals surface area contributed by atoms with Gasteiger partial charge in [-0.3, -0.25) is 9.48 Å². The molecule has 0 unspecified atom stereocenters. The van der Waals surface area contributed by atoms with Crippen LogP contribution < -0.4 is 0 Å². The molecule has 0 saturated carbocycles. The molecule has 21 heavy (non-hydrogen) atoms. The van der Waals surface area contributed by atoms with Crippen molar-refractivity contribution in [1.82, 2.24) is 24.8 Å². The number of hydrogen-bond donors (Lipinski definition) is 0. The molecule has 0 radical (unpaired) electrons. The third kappa shape index (κ3) is 3.12. The molecule has 7 heteroatoms. The second-order valence-electron chi connectivity index (χ2n) is 5.57. The Morgan fingerprint density at radius 1 is 1.48 bits per heavy atom. The second-order valence-corrected chi connectivity index (χ2v) is 5.57. The first-order valence-electron chi connectivity index (χ1n) is 7.19. The fourth-order valence-electron chi connectivity index (χ4n) is 2.69. The molecular formula is C14H19N5O2. The molecule has 3 rings (SSSR count). The Balaban J connectivity index is 1.64. The molecule has 1 amide bonds. The first-order valence-corrected chi connectivity index (χ1v) is 7.19. The SMILES string of the molecule is Cc1cnn(CC(=O)N2CCC[C@@H](c3noc(C)n3)C2)c1. The Bertz CT molecular complexity index is 633. The maximum Gasteiger partial charge on any atom is 0.244 e. The number of rotatable bonds is 3. The molecular weight excluding hydrogens is 270 g/mol. The van der Waals surface area contributed by atoms with Crippen LogP contribution in [0.2, 0.25) is 0 Å². The van der Waals surface area contributed by atoms with E-state index in [1.54, 1.807) is 17.8 Å². The maximum atomic E-state index is 12.4. The lowest BCUT2D eigenvalue weighted by Crippen LogP contribution is -2.41. The summed E-state index contributed by atoms with van der Waals surface area (Å²) in [5, 5.41) is 8.14. The molecule has 1 saturated heterocycles. The summed E-state index contributed by atoms with van der Waals surface area (Å²) in [6.45, 7) is 5.46. The third-order valence-corrected chi connectivity index (χ3v) is 3.74. The van der Waals surface area contributed by atoms with Crippen molar-refractivity contribution < 1.29 is 9.32 Å². The van der Waals surface area contributed by atoms with Gasteiger partial charge in [0.15, 0.2) is 5.82 Å². The molecule has 2 aromatic rings. The molecule has 0 spiro atoms. The van der Waals surface area contributed by atoms with Crippen LogP contribution in [0.25, 0.3) is 0 Å². The Labute approximate surface area is 122 Å². The zero-order valence-corrected chi connectivity index (χ0v) is 12.3. The van der Waals surface area contributed by atoms with Crippen LogP contribution in [0.15, 0.2) is 16.9 Å². The van der Waals surface area contributed by atoms with Gasteiger partial charge >= 0.3 is 0 Å². The minimum absolute atomic E-state index is 0.0861. The van der Waals surface area contributed by atoms with Crippen molar-refractivity contribution >= 4 is 5.91 Å². The number of aryl methyl sites for hydroxylation is 2. The van der Waals surface area contributed by atoms with Gasteiger partial charge in [0.25, 0.3) is 0 Å². The minimum Gasteiger partial charge on any atom is -0.340 e. The van der Waals surface area contributed by atoms with Gasteiger partial charge in [-0.25, -0.2) is 0 Å². The smallest absolute Gasteiger partial charge is 0.244 e. The van der Waals surface area contributed by atoms with Gasteiger partial charge in [-0.1, -0.05) is 5.16 Å². The number of likely N-dealkylation sites (tertiary alicyclic amines) is 1. The summed E-state index contributed by atoms with van der Waals surface area (Å²) in [6.07, 6.45) is 5.59. The van der Waals surface area contributed by atoms with E-state index in [2.05, 4.69) is 15.2 Å². The van der Waals surface area contributed by atoms with E-state index in [1.165, 1.54) is 0 Å². The van der Waals surface area contributed by atoms with E-state index in [4.69, 9.17) is 4.52 Å². The monoisotopic (exact) mass is 289 g/mol. The topological polar surface area (TPSA) is 77.0 Å². The number of nitrogens with zero attached hydrogens (tertiary/aromatic N) is 5. The van der Waals surface area contributed by atoms with Gasteiger partial charge in [-0.15, -0.1) is 0 Å². The molecule has 1 atom stereocenters. The summed E-state index contributed by atoms with van der Waals surface area (Å²) in [7, 11) is 0. The molecule has 112 valence electrons. The number of hydrogen-bond acceptors (Lipinski definition) is 5. The van der Waals surface area contributed by atoms with Crippen molar-refractivity contribution in [1.29, 1.82) is 0 Å². The van der Waals surface area contributed by atoms with Crippen LogP contribution in [-0.4, -0.2) is 43.8 Å². The van der Waals surface area contributed by atoms with Crippen LogP contribution >= 0.6 is 0 Å². The molecule has 1 fully saturated rings. The van der Waals surface area contributed by atoms with Crippen LogP contribution in [0.5, 0.6) is 0 Å². The molecule has 0 bridgehead atoms. The molecule has 7 nitrogen and oxygen atoms in total. The van der Waals surface area contributed by atoms with Crippen molar-refractivity contribution in [3.8, 4) is 0 Å². The fraction of sp³-hybridized carbons (Fsp3) is 0.571. The highest BCUT2D eigenvalue weighted by Gasteiger charge is 2.27. The summed E-state index contributed by atoms with van der Waals surface area (Å²) in [5.41, 5.74) is 1.06. The highest BCUT2D eigenvalue weighted by atomic mass is 16.5. The van der Waals surface area contributed by atoms with E-state index in [9.17, 15) is 4.79 Å². The number of piperidine rings is 1. The average molecular weight is 289 g/mol. The van der Waals surface area contributed by atoms with Crippen molar-refractivity contribution in [3.05, 3.63) is 29.7 Å². The summed E-state index contributed by atoms with van der Waals surface area (Å²) in [6, 6.07) is 0.